The van der Waals surface area contributed by atoms with E-state index in [-0.39, 0.29) is 18.0 Å². The van der Waals surface area contributed by atoms with Crippen LogP contribution in [0, 0.1) is 10.1 Å². The van der Waals surface area contributed by atoms with E-state index in [1.807, 2.05) is 60.6 Å². The summed E-state index contributed by atoms with van der Waals surface area (Å²) >= 11 is 0. The van der Waals surface area contributed by atoms with E-state index in [1.54, 1.807) is 6.07 Å². The summed E-state index contributed by atoms with van der Waals surface area (Å²) in [6, 6.07) is 14.5. The molecule has 2 aromatic rings. The van der Waals surface area contributed by atoms with Gasteiger partial charge in [-0.25, -0.2) is 0 Å². The first kappa shape index (κ1) is 15.3. The van der Waals surface area contributed by atoms with Gasteiger partial charge in [-0.05, 0) is 12.1 Å². The number of nitrogens with zero attached hydrogens (tertiary/aromatic N) is 2. The molecule has 2 aliphatic rings. The van der Waals surface area contributed by atoms with Crippen LogP contribution in [-0.4, -0.2) is 29.2 Å². The largest absolute Gasteiger partial charge is 0.480 e. The molecule has 0 N–H and O–H groups in total. The highest BCUT2D eigenvalue weighted by molar-refractivity contribution is 5.64. The van der Waals surface area contributed by atoms with Crippen molar-refractivity contribution in [2.45, 2.75) is 12.3 Å². The van der Waals surface area contributed by atoms with Gasteiger partial charge >= 0.3 is 0 Å². The Morgan fingerprint density at radius 1 is 1.12 bits per heavy atom. The molecule has 6 nitrogen and oxygen atoms in total. The lowest BCUT2D eigenvalue weighted by molar-refractivity contribution is -0.384. The Hall–Kier alpha value is -3.28. The molecule has 4 rings (SSSR count). The molecule has 0 aliphatic carbocycles. The molecular weight excluding hydrogens is 320 g/mol. The Bertz CT molecular complexity index is 876. The number of ether oxygens (including phenoxy) is 2. The molecule has 2 heterocycles. The fraction of sp³-hybridized carbons (Fsp3) is 0.158. The average Bonchev–Trinajstić information content (AvgIpc) is 3.03. The van der Waals surface area contributed by atoms with Crippen molar-refractivity contribution in [3.05, 3.63) is 82.0 Å². The van der Waals surface area contributed by atoms with Crippen molar-refractivity contribution >= 4 is 17.5 Å². The number of rotatable bonds is 3. The first-order valence-electron chi connectivity index (χ1n) is 7.91. The highest BCUT2D eigenvalue weighted by atomic mass is 16.6. The number of nitro groups is 1. The molecule has 6 heteroatoms. The summed E-state index contributed by atoms with van der Waals surface area (Å²) in [5.74, 6) is 1.41. The van der Waals surface area contributed by atoms with Crippen molar-refractivity contribution in [3.8, 4) is 5.75 Å². The van der Waals surface area contributed by atoms with Crippen molar-refractivity contribution in [1.82, 2.24) is 4.90 Å². The SMILES string of the molecule is CN1C=C(c2ccccc2)OC1C1C=Cc2cc([N+](=O)[O-])ccc2O1. The molecule has 0 saturated heterocycles. The van der Waals surface area contributed by atoms with Gasteiger partial charge in [0, 0.05) is 36.5 Å². The van der Waals surface area contributed by atoms with E-state index in [0.717, 1.165) is 11.3 Å². The third-order valence-corrected chi connectivity index (χ3v) is 4.24. The smallest absolute Gasteiger partial charge is 0.270 e. The number of hydrogen-bond donors (Lipinski definition) is 0. The molecule has 2 unspecified atom stereocenters. The maximum Gasteiger partial charge on any atom is 0.270 e. The summed E-state index contributed by atoms with van der Waals surface area (Å²) in [5.41, 5.74) is 1.75. The van der Waals surface area contributed by atoms with E-state index in [9.17, 15) is 10.1 Å². The first-order chi connectivity index (χ1) is 12.1. The molecule has 2 aliphatic heterocycles. The zero-order valence-corrected chi connectivity index (χ0v) is 13.5. The third kappa shape index (κ3) is 2.82. The van der Waals surface area contributed by atoms with Crippen molar-refractivity contribution in [3.63, 3.8) is 0 Å². The van der Waals surface area contributed by atoms with Crippen molar-refractivity contribution in [2.75, 3.05) is 7.05 Å². The van der Waals surface area contributed by atoms with Gasteiger partial charge < -0.3 is 14.4 Å². The average molecular weight is 336 g/mol. The van der Waals surface area contributed by atoms with Gasteiger partial charge in [-0.3, -0.25) is 10.1 Å². The van der Waals surface area contributed by atoms with E-state index in [0.29, 0.717) is 11.3 Å². The normalized spacial score (nSPS) is 21.2. The van der Waals surface area contributed by atoms with Gasteiger partial charge in [-0.2, -0.15) is 0 Å². The lowest BCUT2D eigenvalue weighted by Crippen LogP contribution is -2.40. The van der Waals surface area contributed by atoms with Gasteiger partial charge in [0.25, 0.3) is 5.69 Å². The lowest BCUT2D eigenvalue weighted by Gasteiger charge is -2.30. The van der Waals surface area contributed by atoms with Gasteiger partial charge in [-0.1, -0.05) is 36.4 Å². The van der Waals surface area contributed by atoms with Gasteiger partial charge in [0.2, 0.25) is 6.23 Å². The topological polar surface area (TPSA) is 64.8 Å². The minimum atomic E-state index is -0.413. The molecule has 2 atom stereocenters. The second-order valence-corrected chi connectivity index (χ2v) is 5.95. The summed E-state index contributed by atoms with van der Waals surface area (Å²) in [4.78, 5) is 12.4. The Labute approximate surface area is 144 Å². The van der Waals surface area contributed by atoms with Crippen LogP contribution >= 0.6 is 0 Å². The van der Waals surface area contributed by atoms with Crippen LogP contribution in [-0.2, 0) is 4.74 Å². The Morgan fingerprint density at radius 3 is 2.68 bits per heavy atom. The molecule has 0 fully saturated rings. The predicted octanol–water partition coefficient (Wildman–Crippen LogP) is 3.66. The molecule has 2 aromatic carbocycles. The molecular formula is C19H16N2O4. The molecule has 0 saturated carbocycles. The molecule has 0 bridgehead atoms. The molecule has 126 valence electrons. The van der Waals surface area contributed by atoms with E-state index >= 15 is 0 Å². The van der Waals surface area contributed by atoms with Crippen LogP contribution in [0.1, 0.15) is 11.1 Å². The Balaban J connectivity index is 1.53. The minimum absolute atomic E-state index is 0.0488. The van der Waals surface area contributed by atoms with E-state index in [4.69, 9.17) is 9.47 Å². The first-order valence-corrected chi connectivity index (χ1v) is 7.91. The number of benzene rings is 2. The fourth-order valence-corrected chi connectivity index (χ4v) is 2.97. The molecule has 0 amide bonds. The number of fused-ring (bicyclic) bond motifs is 1. The Kier molecular flexibility index (Phi) is 3.65. The van der Waals surface area contributed by atoms with Crippen LogP contribution in [0.3, 0.4) is 0 Å². The molecule has 0 spiro atoms. The maximum atomic E-state index is 10.9. The Morgan fingerprint density at radius 2 is 1.92 bits per heavy atom. The number of nitro benzene ring substituents is 1. The summed E-state index contributed by atoms with van der Waals surface area (Å²) < 4.78 is 12.1. The van der Waals surface area contributed by atoms with Crippen molar-refractivity contribution in [2.24, 2.45) is 0 Å². The summed E-state index contributed by atoms with van der Waals surface area (Å²) in [5, 5.41) is 10.9. The van der Waals surface area contributed by atoms with Crippen LogP contribution in [0.2, 0.25) is 0 Å². The van der Waals surface area contributed by atoms with Gasteiger partial charge in [0.05, 0.1) is 4.92 Å². The fourth-order valence-electron chi connectivity index (χ4n) is 2.97. The molecule has 25 heavy (non-hydrogen) atoms. The van der Waals surface area contributed by atoms with Gasteiger partial charge in [-0.15, -0.1) is 0 Å². The second kappa shape index (κ2) is 5.98. The van der Waals surface area contributed by atoms with Gasteiger partial charge in [0.1, 0.15) is 11.5 Å². The number of hydrogen-bond acceptors (Lipinski definition) is 5. The van der Waals surface area contributed by atoms with Crippen LogP contribution in [0.15, 0.2) is 60.8 Å². The van der Waals surface area contributed by atoms with Crippen LogP contribution in [0.25, 0.3) is 11.8 Å². The number of non-ortho nitro benzene ring substituents is 1. The quantitative estimate of drug-likeness (QED) is 0.632. The van der Waals surface area contributed by atoms with E-state index in [1.165, 1.54) is 12.1 Å². The zero-order chi connectivity index (χ0) is 17.4. The zero-order valence-electron chi connectivity index (χ0n) is 13.5. The minimum Gasteiger partial charge on any atom is -0.480 e. The number of likely N-dealkylation sites (N-methyl/N-ethyl adjacent to an activating group) is 1. The van der Waals surface area contributed by atoms with Crippen LogP contribution in [0.4, 0.5) is 5.69 Å². The molecule has 0 radical (unpaired) electrons. The van der Waals surface area contributed by atoms with Crippen molar-refractivity contribution in [1.29, 1.82) is 0 Å². The maximum absolute atomic E-state index is 10.9. The van der Waals surface area contributed by atoms with E-state index in [2.05, 4.69) is 0 Å². The monoisotopic (exact) mass is 336 g/mol. The standard InChI is InChI=1S/C19H16N2O4/c1-20-12-18(13-5-3-2-4-6-13)25-19(20)17-9-7-14-11-15(21(22)23)8-10-16(14)24-17/h2-12,17,19H,1H3. The lowest BCUT2D eigenvalue weighted by atomic mass is 10.1. The molecule has 0 aromatic heterocycles. The second-order valence-electron chi connectivity index (χ2n) is 5.95. The third-order valence-electron chi connectivity index (χ3n) is 4.24. The highest BCUT2D eigenvalue weighted by Crippen LogP contribution is 2.34. The van der Waals surface area contributed by atoms with Crippen LogP contribution < -0.4 is 4.74 Å². The highest BCUT2D eigenvalue weighted by Gasteiger charge is 2.34. The van der Waals surface area contributed by atoms with Crippen LogP contribution in [0.5, 0.6) is 5.75 Å². The van der Waals surface area contributed by atoms with E-state index < -0.39 is 4.92 Å². The summed E-state index contributed by atoms with van der Waals surface area (Å²) in [6.45, 7) is 0. The predicted molar refractivity (Wildman–Crippen MR) is 93.6 cm³/mol. The van der Waals surface area contributed by atoms with Crippen molar-refractivity contribution < 1.29 is 14.4 Å². The van der Waals surface area contributed by atoms with Gasteiger partial charge in [0.15, 0.2) is 6.10 Å². The summed E-state index contributed by atoms with van der Waals surface area (Å²) in [7, 11) is 1.93. The summed E-state index contributed by atoms with van der Waals surface area (Å²) in [6.07, 6.45) is 5.05.